The first-order valence-corrected chi connectivity index (χ1v) is 15.8. The first kappa shape index (κ1) is 31.3. The Bertz CT molecular complexity index is 1530. The van der Waals surface area contributed by atoms with Crippen molar-refractivity contribution in [1.29, 1.82) is 0 Å². The second-order valence-electron chi connectivity index (χ2n) is 12.6. The van der Waals surface area contributed by atoms with Crippen LogP contribution in [0.25, 0.3) is 17.1 Å². The smallest absolute Gasteiger partial charge is 0.410 e. The summed E-state index contributed by atoms with van der Waals surface area (Å²) < 4.78 is 13.0. The number of rotatable bonds is 9. The first-order valence-electron chi connectivity index (χ1n) is 15.8. The molecule has 0 radical (unpaired) electrons. The van der Waals surface area contributed by atoms with Crippen molar-refractivity contribution in [2.24, 2.45) is 0 Å². The molecule has 0 spiro atoms. The Morgan fingerprint density at radius 2 is 1.84 bits per heavy atom. The number of nitrogens with zero attached hydrogens (tertiary/aromatic N) is 6. The van der Waals surface area contributed by atoms with Gasteiger partial charge >= 0.3 is 6.09 Å². The molecule has 11 nitrogen and oxygen atoms in total. The monoisotopic (exact) mass is 603 g/mol. The summed E-state index contributed by atoms with van der Waals surface area (Å²) in [7, 11) is 0. The highest BCUT2D eigenvalue weighted by molar-refractivity contribution is 5.83. The number of nitrogens with one attached hydrogen (secondary N) is 1. The minimum Gasteiger partial charge on any atom is -0.501 e. The molecule has 5 rings (SSSR count). The lowest BCUT2D eigenvalue weighted by atomic mass is 10.1. The van der Waals surface area contributed by atoms with E-state index in [9.17, 15) is 9.59 Å². The van der Waals surface area contributed by atoms with Gasteiger partial charge in [0.2, 0.25) is 5.95 Å². The third-order valence-corrected chi connectivity index (χ3v) is 8.17. The van der Waals surface area contributed by atoms with E-state index in [-0.39, 0.29) is 17.7 Å². The predicted octanol–water partition coefficient (Wildman–Crippen LogP) is 6.20. The van der Waals surface area contributed by atoms with Crippen LogP contribution < -0.4 is 15.8 Å². The van der Waals surface area contributed by atoms with Crippen LogP contribution in [-0.4, -0.2) is 68.9 Å². The van der Waals surface area contributed by atoms with Gasteiger partial charge in [-0.25, -0.2) is 14.8 Å². The van der Waals surface area contributed by atoms with Gasteiger partial charge in [0.25, 0.3) is 5.56 Å². The minimum atomic E-state index is -0.508. The lowest BCUT2D eigenvalue weighted by Crippen LogP contribution is -2.50. The number of hydrogen-bond donors (Lipinski definition) is 1. The zero-order chi connectivity index (χ0) is 31.3. The molecule has 1 saturated heterocycles. The van der Waals surface area contributed by atoms with Crippen molar-refractivity contribution in [3.63, 3.8) is 0 Å². The third-order valence-electron chi connectivity index (χ3n) is 8.17. The standard InChI is InChI=1S/C33H45N7O4/c1-6-7-19-43-20-14-26-23(2)27-22-35-31(37-29(27)40(30(26)41)24-10-8-9-11-24)36-28-13-12-25(21-34-28)38-15-17-39(18-16-38)32(42)44-33(3,4)5/h12-14,20-22,24H,6-11,15-19H2,1-5H3,(H,34,35,36,37). The normalized spacial score (nSPS) is 16.2. The highest BCUT2D eigenvalue weighted by Crippen LogP contribution is 2.32. The lowest BCUT2D eigenvalue weighted by molar-refractivity contribution is 0.0240. The van der Waals surface area contributed by atoms with E-state index >= 15 is 0 Å². The molecule has 44 heavy (non-hydrogen) atoms. The van der Waals surface area contributed by atoms with Gasteiger partial charge in [0.1, 0.15) is 17.1 Å². The van der Waals surface area contributed by atoms with Crippen LogP contribution in [0.15, 0.2) is 35.6 Å². The maximum Gasteiger partial charge on any atom is 0.410 e. The average Bonchev–Trinajstić information content (AvgIpc) is 3.53. The number of amides is 1. The zero-order valence-corrected chi connectivity index (χ0v) is 26.6. The number of aryl methyl sites for hydroxylation is 1. The van der Waals surface area contributed by atoms with E-state index in [1.807, 2.05) is 50.6 Å². The summed E-state index contributed by atoms with van der Waals surface area (Å²) in [5.74, 6) is 0.997. The van der Waals surface area contributed by atoms with Gasteiger partial charge in [-0.3, -0.25) is 9.36 Å². The van der Waals surface area contributed by atoms with E-state index < -0.39 is 5.60 Å². The van der Waals surface area contributed by atoms with Gasteiger partial charge in [0.05, 0.1) is 24.8 Å². The van der Waals surface area contributed by atoms with Gasteiger partial charge in [0, 0.05) is 49.4 Å². The van der Waals surface area contributed by atoms with Crippen molar-refractivity contribution in [3.8, 4) is 0 Å². The van der Waals surface area contributed by atoms with E-state index in [1.54, 1.807) is 23.4 Å². The molecule has 0 bridgehead atoms. The van der Waals surface area contributed by atoms with Crippen LogP contribution in [0.2, 0.25) is 0 Å². The third kappa shape index (κ3) is 7.31. The van der Waals surface area contributed by atoms with Crippen molar-refractivity contribution in [2.45, 2.75) is 84.8 Å². The predicted molar refractivity (Wildman–Crippen MR) is 173 cm³/mol. The van der Waals surface area contributed by atoms with Crippen molar-refractivity contribution in [3.05, 3.63) is 52.3 Å². The Hall–Kier alpha value is -4.15. The van der Waals surface area contributed by atoms with E-state index in [0.29, 0.717) is 55.8 Å². The van der Waals surface area contributed by atoms with Gasteiger partial charge < -0.3 is 24.6 Å². The van der Waals surface area contributed by atoms with Crippen molar-refractivity contribution < 1.29 is 14.3 Å². The summed E-state index contributed by atoms with van der Waals surface area (Å²) in [6.07, 6.45) is 12.9. The molecule has 2 aliphatic rings. The highest BCUT2D eigenvalue weighted by atomic mass is 16.6. The van der Waals surface area contributed by atoms with E-state index in [2.05, 4.69) is 27.1 Å². The number of carbonyl (C=O) groups is 1. The molecular formula is C33H45N7O4. The number of pyridine rings is 2. The summed E-state index contributed by atoms with van der Waals surface area (Å²) in [4.78, 5) is 44.2. The number of anilines is 3. The van der Waals surface area contributed by atoms with Gasteiger partial charge in [-0.2, -0.15) is 4.98 Å². The van der Waals surface area contributed by atoms with Gasteiger partial charge in [-0.15, -0.1) is 0 Å². The molecule has 1 saturated carbocycles. The van der Waals surface area contributed by atoms with Crippen molar-refractivity contribution in [1.82, 2.24) is 24.4 Å². The Balaban J connectivity index is 1.32. The number of piperazine rings is 1. The summed E-state index contributed by atoms with van der Waals surface area (Å²) in [5.41, 5.74) is 2.52. The zero-order valence-electron chi connectivity index (χ0n) is 26.6. The molecular weight excluding hydrogens is 558 g/mol. The Kier molecular flexibility index (Phi) is 9.71. The molecule has 3 aromatic rings. The number of unbranched alkanes of at least 4 members (excludes halogenated alkanes) is 1. The summed E-state index contributed by atoms with van der Waals surface area (Å²) in [6, 6.07) is 4.00. The Morgan fingerprint density at radius 3 is 2.50 bits per heavy atom. The summed E-state index contributed by atoms with van der Waals surface area (Å²) >= 11 is 0. The van der Waals surface area contributed by atoms with E-state index in [0.717, 1.165) is 55.2 Å². The van der Waals surface area contributed by atoms with Crippen LogP contribution in [0.5, 0.6) is 0 Å². The van der Waals surface area contributed by atoms with Gasteiger partial charge in [0.15, 0.2) is 0 Å². The van der Waals surface area contributed by atoms with Crippen molar-refractivity contribution >= 4 is 40.7 Å². The molecule has 11 heteroatoms. The fourth-order valence-electron chi connectivity index (χ4n) is 5.76. The van der Waals surface area contributed by atoms with Gasteiger partial charge in [-0.05, 0) is 70.7 Å². The second-order valence-corrected chi connectivity index (χ2v) is 12.6. The topological polar surface area (TPSA) is 115 Å². The van der Waals surface area contributed by atoms with E-state index in [1.165, 1.54) is 0 Å². The quantitative estimate of drug-likeness (QED) is 0.226. The molecule has 1 aliphatic carbocycles. The fourth-order valence-corrected chi connectivity index (χ4v) is 5.76. The lowest BCUT2D eigenvalue weighted by Gasteiger charge is -2.36. The highest BCUT2D eigenvalue weighted by Gasteiger charge is 2.27. The SMILES string of the molecule is CCCCOC=Cc1c(C)c2cnc(Nc3ccc(N4CCN(C(=O)OC(C)(C)C)CC4)cn3)nc2n(C2CCCC2)c1=O. The maximum atomic E-state index is 13.8. The summed E-state index contributed by atoms with van der Waals surface area (Å²) in [5, 5.41) is 4.08. The van der Waals surface area contributed by atoms with E-state index in [4.69, 9.17) is 14.5 Å². The molecule has 2 fully saturated rings. The first-order chi connectivity index (χ1) is 21.1. The molecule has 1 amide bonds. The Labute approximate surface area is 259 Å². The molecule has 4 heterocycles. The van der Waals surface area contributed by atoms with Crippen LogP contribution in [0.4, 0.5) is 22.2 Å². The molecule has 0 unspecified atom stereocenters. The number of aromatic nitrogens is 4. The van der Waals surface area contributed by atoms with Crippen LogP contribution in [0.1, 0.15) is 83.4 Å². The van der Waals surface area contributed by atoms with Crippen LogP contribution in [-0.2, 0) is 9.47 Å². The molecule has 0 atom stereocenters. The number of ether oxygens (including phenoxy) is 2. The summed E-state index contributed by atoms with van der Waals surface area (Å²) in [6.45, 7) is 12.9. The molecule has 1 N–H and O–H groups in total. The van der Waals surface area contributed by atoms with Gasteiger partial charge in [-0.1, -0.05) is 26.2 Å². The average molecular weight is 604 g/mol. The number of fused-ring (bicyclic) bond motifs is 1. The Morgan fingerprint density at radius 1 is 1.09 bits per heavy atom. The second kappa shape index (κ2) is 13.7. The van der Waals surface area contributed by atoms with Crippen LogP contribution in [0.3, 0.4) is 0 Å². The number of hydrogen-bond acceptors (Lipinski definition) is 9. The molecule has 3 aromatic heterocycles. The fraction of sp³-hybridized carbons (Fsp3) is 0.545. The van der Waals surface area contributed by atoms with Crippen LogP contribution >= 0.6 is 0 Å². The number of carbonyl (C=O) groups excluding carboxylic acids is 1. The largest absolute Gasteiger partial charge is 0.501 e. The minimum absolute atomic E-state index is 0.0452. The van der Waals surface area contributed by atoms with Crippen molar-refractivity contribution in [2.75, 3.05) is 43.0 Å². The maximum absolute atomic E-state index is 13.8. The van der Waals surface area contributed by atoms with Crippen LogP contribution in [0, 0.1) is 6.92 Å². The molecule has 236 valence electrons. The molecule has 0 aromatic carbocycles. The molecule has 1 aliphatic heterocycles.